The summed E-state index contributed by atoms with van der Waals surface area (Å²) in [6, 6.07) is 9.93. The Hall–Kier alpha value is -1.55. The van der Waals surface area contributed by atoms with Crippen molar-refractivity contribution in [2.45, 2.75) is 10.8 Å². The van der Waals surface area contributed by atoms with Gasteiger partial charge in [0.25, 0.3) is 0 Å². The van der Waals surface area contributed by atoms with E-state index in [1.165, 1.54) is 4.90 Å². The van der Waals surface area contributed by atoms with Crippen molar-refractivity contribution in [3.63, 3.8) is 0 Å². The molecule has 3 nitrogen and oxygen atoms in total. The zero-order valence-electron chi connectivity index (χ0n) is 9.46. The highest BCUT2D eigenvalue weighted by Crippen LogP contribution is 2.40. The summed E-state index contributed by atoms with van der Waals surface area (Å²) in [7, 11) is 1.81. The number of aromatic nitrogens is 2. The monoisotopic (exact) mass is 244 g/mol. The third kappa shape index (κ3) is 1.69. The Labute approximate surface area is 104 Å². The molecule has 1 aromatic carbocycles. The number of carbonyl (C=O) groups is 1. The Morgan fingerprint density at radius 2 is 2.24 bits per heavy atom. The van der Waals surface area contributed by atoms with E-state index < -0.39 is 0 Å². The summed E-state index contributed by atoms with van der Waals surface area (Å²) in [6.07, 6.45) is 1.67. The number of rotatable bonds is 2. The fourth-order valence-corrected chi connectivity index (χ4v) is 3.40. The highest BCUT2D eigenvalue weighted by atomic mass is 32.2. The van der Waals surface area contributed by atoms with Gasteiger partial charge in [-0.2, -0.15) is 5.10 Å². The number of thioether (sulfide) groups is 1. The Balaban J connectivity index is 1.98. The van der Waals surface area contributed by atoms with Gasteiger partial charge in [0, 0.05) is 23.9 Å². The first kappa shape index (κ1) is 10.6. The molecule has 17 heavy (non-hydrogen) atoms. The van der Waals surface area contributed by atoms with E-state index in [1.54, 1.807) is 35.8 Å². The molecule has 0 amide bonds. The van der Waals surface area contributed by atoms with E-state index in [9.17, 15) is 4.79 Å². The van der Waals surface area contributed by atoms with Crippen molar-refractivity contribution in [2.24, 2.45) is 7.05 Å². The maximum atomic E-state index is 12.4. The molecule has 2 heterocycles. The maximum absolute atomic E-state index is 12.4. The topological polar surface area (TPSA) is 34.9 Å². The van der Waals surface area contributed by atoms with Gasteiger partial charge in [-0.25, -0.2) is 0 Å². The standard InChI is InChI=1S/C13H12N2OS/c1-15-11(6-7-14-15)13(16)10-8-17-12-5-3-2-4-9(10)12/h2-7,10H,8H2,1H3. The van der Waals surface area contributed by atoms with Crippen LogP contribution in [0.3, 0.4) is 0 Å². The lowest BCUT2D eigenvalue weighted by atomic mass is 9.95. The minimum atomic E-state index is -0.0217. The van der Waals surface area contributed by atoms with Crippen LogP contribution in [0.25, 0.3) is 0 Å². The number of Topliss-reactive ketones (excluding diaryl/α,β-unsaturated/α-hetero) is 1. The van der Waals surface area contributed by atoms with Gasteiger partial charge in [-0.15, -0.1) is 11.8 Å². The lowest BCUT2D eigenvalue weighted by Crippen LogP contribution is -2.16. The van der Waals surface area contributed by atoms with Crippen molar-refractivity contribution < 1.29 is 4.79 Å². The molecule has 2 aromatic rings. The van der Waals surface area contributed by atoms with Crippen LogP contribution in [-0.4, -0.2) is 21.3 Å². The molecule has 1 unspecified atom stereocenters. The first-order chi connectivity index (χ1) is 8.27. The number of carbonyl (C=O) groups excluding carboxylic acids is 1. The highest BCUT2D eigenvalue weighted by molar-refractivity contribution is 7.99. The normalized spacial score (nSPS) is 18.1. The average Bonchev–Trinajstić information content (AvgIpc) is 2.94. The summed E-state index contributed by atoms with van der Waals surface area (Å²) in [5.74, 6) is 0.984. The van der Waals surface area contributed by atoms with Gasteiger partial charge in [0.2, 0.25) is 0 Å². The fraction of sp³-hybridized carbons (Fsp3) is 0.231. The molecule has 0 N–H and O–H groups in total. The largest absolute Gasteiger partial charge is 0.292 e. The molecule has 1 aromatic heterocycles. The van der Waals surface area contributed by atoms with Crippen LogP contribution in [0.1, 0.15) is 22.0 Å². The van der Waals surface area contributed by atoms with E-state index in [1.807, 2.05) is 18.2 Å². The van der Waals surface area contributed by atoms with Gasteiger partial charge in [0.05, 0.1) is 5.92 Å². The molecular weight excluding hydrogens is 232 g/mol. The molecule has 0 radical (unpaired) electrons. The van der Waals surface area contributed by atoms with E-state index in [0.29, 0.717) is 5.69 Å². The molecule has 1 aliphatic heterocycles. The second kappa shape index (κ2) is 4.04. The zero-order valence-corrected chi connectivity index (χ0v) is 10.3. The summed E-state index contributed by atoms with van der Waals surface area (Å²) >= 11 is 1.76. The van der Waals surface area contributed by atoms with E-state index in [4.69, 9.17) is 0 Å². The van der Waals surface area contributed by atoms with Crippen LogP contribution < -0.4 is 0 Å². The predicted octanol–water partition coefficient (Wildman–Crippen LogP) is 2.49. The number of aryl methyl sites for hydroxylation is 1. The minimum absolute atomic E-state index is 0.0217. The van der Waals surface area contributed by atoms with Crippen molar-refractivity contribution in [3.8, 4) is 0 Å². The molecule has 0 spiro atoms. The van der Waals surface area contributed by atoms with Gasteiger partial charge in [0.15, 0.2) is 5.78 Å². The minimum Gasteiger partial charge on any atom is -0.292 e. The summed E-state index contributed by atoms with van der Waals surface area (Å²) in [5.41, 5.74) is 1.84. The number of hydrogen-bond donors (Lipinski definition) is 0. The maximum Gasteiger partial charge on any atom is 0.189 e. The van der Waals surface area contributed by atoms with E-state index >= 15 is 0 Å². The van der Waals surface area contributed by atoms with Crippen LogP contribution in [0.2, 0.25) is 0 Å². The first-order valence-electron chi connectivity index (χ1n) is 5.51. The summed E-state index contributed by atoms with van der Waals surface area (Å²) in [6.45, 7) is 0. The van der Waals surface area contributed by atoms with E-state index in [2.05, 4.69) is 11.2 Å². The van der Waals surface area contributed by atoms with Crippen molar-refractivity contribution >= 4 is 17.5 Å². The number of ketones is 1. The Morgan fingerprint density at radius 1 is 1.41 bits per heavy atom. The molecule has 0 bridgehead atoms. The average molecular weight is 244 g/mol. The van der Waals surface area contributed by atoms with E-state index in [0.717, 1.165) is 11.3 Å². The molecule has 0 fully saturated rings. The van der Waals surface area contributed by atoms with E-state index in [-0.39, 0.29) is 11.7 Å². The Kier molecular flexibility index (Phi) is 2.52. The molecular formula is C13H12N2OS. The smallest absolute Gasteiger partial charge is 0.189 e. The first-order valence-corrected chi connectivity index (χ1v) is 6.50. The SMILES string of the molecule is Cn1nccc1C(=O)C1CSc2ccccc21. The van der Waals surface area contributed by atoms with Gasteiger partial charge in [-0.1, -0.05) is 18.2 Å². The molecule has 0 saturated heterocycles. The van der Waals surface area contributed by atoms with Crippen LogP contribution in [0.15, 0.2) is 41.4 Å². The number of benzene rings is 1. The van der Waals surface area contributed by atoms with Crippen LogP contribution in [0, 0.1) is 0 Å². The molecule has 1 atom stereocenters. The third-order valence-corrected chi connectivity index (χ3v) is 4.27. The van der Waals surface area contributed by atoms with Crippen LogP contribution in [0.5, 0.6) is 0 Å². The quantitative estimate of drug-likeness (QED) is 0.761. The highest BCUT2D eigenvalue weighted by Gasteiger charge is 2.30. The summed E-state index contributed by atoms with van der Waals surface area (Å²) in [5, 5.41) is 4.05. The zero-order chi connectivity index (χ0) is 11.8. The van der Waals surface area contributed by atoms with Crippen LogP contribution >= 0.6 is 11.8 Å². The predicted molar refractivity (Wildman–Crippen MR) is 67.4 cm³/mol. The second-order valence-electron chi connectivity index (χ2n) is 4.11. The molecule has 4 heteroatoms. The van der Waals surface area contributed by atoms with Crippen molar-refractivity contribution in [2.75, 3.05) is 5.75 Å². The third-order valence-electron chi connectivity index (χ3n) is 3.09. The van der Waals surface area contributed by atoms with Crippen molar-refractivity contribution in [1.29, 1.82) is 0 Å². The lowest BCUT2D eigenvalue weighted by Gasteiger charge is -2.09. The molecule has 86 valence electrons. The lowest BCUT2D eigenvalue weighted by molar-refractivity contribution is 0.0959. The molecule has 1 aliphatic rings. The summed E-state index contributed by atoms with van der Waals surface area (Å²) in [4.78, 5) is 13.6. The Morgan fingerprint density at radius 3 is 3.00 bits per heavy atom. The second-order valence-corrected chi connectivity index (χ2v) is 5.17. The van der Waals surface area contributed by atoms with Crippen LogP contribution in [-0.2, 0) is 7.05 Å². The fourth-order valence-electron chi connectivity index (χ4n) is 2.17. The van der Waals surface area contributed by atoms with Gasteiger partial charge in [-0.05, 0) is 17.7 Å². The van der Waals surface area contributed by atoms with Gasteiger partial charge in [0.1, 0.15) is 5.69 Å². The van der Waals surface area contributed by atoms with Crippen molar-refractivity contribution in [1.82, 2.24) is 9.78 Å². The number of fused-ring (bicyclic) bond motifs is 1. The van der Waals surface area contributed by atoms with Crippen LogP contribution in [0.4, 0.5) is 0 Å². The van der Waals surface area contributed by atoms with Gasteiger partial charge < -0.3 is 0 Å². The Bertz CT molecular complexity index is 576. The number of hydrogen-bond acceptors (Lipinski definition) is 3. The molecule has 3 rings (SSSR count). The van der Waals surface area contributed by atoms with Gasteiger partial charge >= 0.3 is 0 Å². The van der Waals surface area contributed by atoms with Gasteiger partial charge in [-0.3, -0.25) is 9.48 Å². The molecule has 0 saturated carbocycles. The van der Waals surface area contributed by atoms with Crippen molar-refractivity contribution in [3.05, 3.63) is 47.8 Å². The number of nitrogens with zero attached hydrogens (tertiary/aromatic N) is 2. The molecule has 0 aliphatic carbocycles. The summed E-state index contributed by atoms with van der Waals surface area (Å²) < 4.78 is 1.65.